The van der Waals surface area contributed by atoms with Gasteiger partial charge in [0.1, 0.15) is 5.75 Å². The number of rotatable bonds is 9. The van der Waals surface area contributed by atoms with Crippen LogP contribution < -0.4 is 4.74 Å². The van der Waals surface area contributed by atoms with Gasteiger partial charge in [0.25, 0.3) is 0 Å². The first-order valence-electron chi connectivity index (χ1n) is 12.1. The fourth-order valence-corrected chi connectivity index (χ4v) is 4.83. The number of aromatic nitrogens is 1. The number of piperazine rings is 1. The Morgan fingerprint density at radius 3 is 2.53 bits per heavy atom. The summed E-state index contributed by atoms with van der Waals surface area (Å²) in [5, 5.41) is 1.10. The molecule has 0 atom stereocenters. The Morgan fingerprint density at radius 1 is 1.06 bits per heavy atom. The van der Waals surface area contributed by atoms with Crippen molar-refractivity contribution >= 4 is 34.5 Å². The molecule has 1 saturated heterocycles. The Kier molecular flexibility index (Phi) is 8.30. The van der Waals surface area contributed by atoms with Gasteiger partial charge in [0.2, 0.25) is 5.91 Å². The van der Waals surface area contributed by atoms with Gasteiger partial charge in [-0.15, -0.1) is 11.6 Å². The minimum atomic E-state index is 0.0756. The number of fused-ring (bicyclic) bond motifs is 1. The minimum absolute atomic E-state index is 0.0756. The monoisotopic (exact) mass is 479 g/mol. The molecule has 180 valence electrons. The summed E-state index contributed by atoms with van der Waals surface area (Å²) >= 11 is 5.96. The summed E-state index contributed by atoms with van der Waals surface area (Å²) in [4.78, 5) is 17.4. The molecular formula is C28H34ClN3O2. The molecule has 0 spiro atoms. The first kappa shape index (κ1) is 24.4. The van der Waals surface area contributed by atoms with E-state index >= 15 is 0 Å². The molecule has 2 heterocycles. The van der Waals surface area contributed by atoms with Crippen LogP contribution in [0.5, 0.6) is 5.75 Å². The maximum absolute atomic E-state index is 13.0. The molecule has 1 fully saturated rings. The van der Waals surface area contributed by atoms with Gasteiger partial charge in [0.05, 0.1) is 7.11 Å². The topological polar surface area (TPSA) is 37.7 Å². The lowest BCUT2D eigenvalue weighted by molar-refractivity contribution is -0.127. The summed E-state index contributed by atoms with van der Waals surface area (Å²) < 4.78 is 7.74. The summed E-state index contributed by atoms with van der Waals surface area (Å²) in [5.41, 5.74) is 4.71. The van der Waals surface area contributed by atoms with E-state index in [1.165, 1.54) is 5.56 Å². The van der Waals surface area contributed by atoms with Crippen molar-refractivity contribution in [2.24, 2.45) is 0 Å². The van der Waals surface area contributed by atoms with Crippen LogP contribution in [0.1, 0.15) is 23.2 Å². The SMILES string of the molecule is COc1ccc2c(c1)c(/C=C/C(=O)N1CCN(CCc3ccccc3)CC1)c(C)n2CCCCl. The van der Waals surface area contributed by atoms with Gasteiger partial charge in [-0.05, 0) is 49.6 Å². The Bertz CT molecular complexity index is 1130. The largest absolute Gasteiger partial charge is 0.497 e. The average Bonchev–Trinajstić information content (AvgIpc) is 3.15. The van der Waals surface area contributed by atoms with Crippen LogP contribution in [0.15, 0.2) is 54.6 Å². The van der Waals surface area contributed by atoms with Crippen molar-refractivity contribution in [3.8, 4) is 5.75 Å². The van der Waals surface area contributed by atoms with Gasteiger partial charge >= 0.3 is 0 Å². The molecule has 0 aliphatic carbocycles. The number of nitrogens with zero attached hydrogens (tertiary/aromatic N) is 3. The van der Waals surface area contributed by atoms with Gasteiger partial charge in [-0.1, -0.05) is 30.3 Å². The average molecular weight is 480 g/mol. The fraction of sp³-hybridized carbons (Fsp3) is 0.393. The van der Waals surface area contributed by atoms with E-state index in [2.05, 4.69) is 58.9 Å². The quantitative estimate of drug-likeness (QED) is 0.320. The zero-order valence-corrected chi connectivity index (χ0v) is 20.9. The van der Waals surface area contributed by atoms with E-state index in [4.69, 9.17) is 16.3 Å². The lowest BCUT2D eigenvalue weighted by Gasteiger charge is -2.34. The number of carbonyl (C=O) groups is 1. The Hall–Kier alpha value is -2.76. The number of amides is 1. The van der Waals surface area contributed by atoms with E-state index < -0.39 is 0 Å². The van der Waals surface area contributed by atoms with Crippen LogP contribution in [0.25, 0.3) is 17.0 Å². The summed E-state index contributed by atoms with van der Waals surface area (Å²) in [5.74, 6) is 1.51. The number of aryl methyl sites for hydroxylation is 1. The maximum atomic E-state index is 13.0. The molecule has 1 aromatic heterocycles. The van der Waals surface area contributed by atoms with Gasteiger partial charge in [-0.3, -0.25) is 9.69 Å². The van der Waals surface area contributed by atoms with Crippen molar-refractivity contribution in [1.82, 2.24) is 14.4 Å². The lowest BCUT2D eigenvalue weighted by Crippen LogP contribution is -2.48. The fourth-order valence-electron chi connectivity index (χ4n) is 4.71. The maximum Gasteiger partial charge on any atom is 0.246 e. The van der Waals surface area contributed by atoms with Gasteiger partial charge in [0.15, 0.2) is 0 Å². The van der Waals surface area contributed by atoms with Gasteiger partial charge in [0, 0.05) is 73.4 Å². The molecule has 0 bridgehead atoms. The van der Waals surface area contributed by atoms with E-state index in [9.17, 15) is 4.79 Å². The first-order chi connectivity index (χ1) is 16.6. The van der Waals surface area contributed by atoms with Gasteiger partial charge < -0.3 is 14.2 Å². The van der Waals surface area contributed by atoms with Crippen LogP contribution in [0.4, 0.5) is 0 Å². The minimum Gasteiger partial charge on any atom is -0.497 e. The third-order valence-electron chi connectivity index (χ3n) is 6.73. The second-order valence-electron chi connectivity index (χ2n) is 8.81. The molecule has 0 radical (unpaired) electrons. The highest BCUT2D eigenvalue weighted by Crippen LogP contribution is 2.30. The molecular weight excluding hydrogens is 446 g/mol. The second-order valence-corrected chi connectivity index (χ2v) is 9.19. The molecule has 3 aromatic rings. The molecule has 34 heavy (non-hydrogen) atoms. The lowest BCUT2D eigenvalue weighted by atomic mass is 10.1. The number of alkyl halides is 1. The molecule has 1 aliphatic rings. The van der Waals surface area contributed by atoms with Crippen molar-refractivity contribution in [3.63, 3.8) is 0 Å². The van der Waals surface area contributed by atoms with Crippen LogP contribution in [-0.2, 0) is 17.8 Å². The Balaban J connectivity index is 1.41. The summed E-state index contributed by atoms with van der Waals surface area (Å²) in [6.45, 7) is 7.36. The summed E-state index contributed by atoms with van der Waals surface area (Å²) in [7, 11) is 1.68. The van der Waals surface area contributed by atoms with E-state index in [1.807, 2.05) is 17.0 Å². The molecule has 0 saturated carbocycles. The van der Waals surface area contributed by atoms with E-state index in [0.29, 0.717) is 5.88 Å². The molecule has 2 aromatic carbocycles. The zero-order chi connectivity index (χ0) is 23.9. The Labute approximate surface area is 207 Å². The predicted molar refractivity (Wildman–Crippen MR) is 141 cm³/mol. The predicted octanol–water partition coefficient (Wildman–Crippen LogP) is 4.99. The summed E-state index contributed by atoms with van der Waals surface area (Å²) in [6.07, 6.45) is 5.64. The highest BCUT2D eigenvalue weighted by atomic mass is 35.5. The van der Waals surface area contributed by atoms with Crippen LogP contribution in [0.3, 0.4) is 0 Å². The highest BCUT2D eigenvalue weighted by Gasteiger charge is 2.20. The van der Waals surface area contributed by atoms with Crippen LogP contribution in [0.2, 0.25) is 0 Å². The third-order valence-corrected chi connectivity index (χ3v) is 7.00. The number of methoxy groups -OCH3 is 1. The number of carbonyl (C=O) groups excluding carboxylic acids is 1. The van der Waals surface area contributed by atoms with Gasteiger partial charge in [-0.2, -0.15) is 0 Å². The zero-order valence-electron chi connectivity index (χ0n) is 20.2. The normalized spacial score (nSPS) is 14.9. The molecule has 5 nitrogen and oxygen atoms in total. The number of hydrogen-bond donors (Lipinski definition) is 0. The van der Waals surface area contributed by atoms with Crippen LogP contribution >= 0.6 is 11.6 Å². The molecule has 6 heteroatoms. The standard InChI is InChI=1S/C28H34ClN3O2/c1-22-25(26-21-24(34-2)9-11-27(26)32(22)15-6-14-29)10-12-28(33)31-19-17-30(18-20-31)16-13-23-7-4-3-5-8-23/h3-5,7-12,21H,6,13-20H2,1-2H3/b12-10+. The third kappa shape index (κ3) is 5.65. The Morgan fingerprint density at radius 2 is 1.82 bits per heavy atom. The number of ether oxygens (including phenoxy) is 1. The van der Waals surface area contributed by atoms with Gasteiger partial charge in [-0.25, -0.2) is 0 Å². The molecule has 1 amide bonds. The van der Waals surface area contributed by atoms with Crippen molar-refractivity contribution in [3.05, 3.63) is 71.4 Å². The molecule has 0 unspecified atom stereocenters. The number of benzene rings is 2. The molecule has 1 aliphatic heterocycles. The van der Waals surface area contributed by atoms with Crippen LogP contribution in [0, 0.1) is 6.92 Å². The molecule has 4 rings (SSSR count). The summed E-state index contributed by atoms with van der Waals surface area (Å²) in [6, 6.07) is 16.7. The highest BCUT2D eigenvalue weighted by molar-refractivity contribution is 6.17. The van der Waals surface area contributed by atoms with Crippen molar-refractivity contribution < 1.29 is 9.53 Å². The van der Waals surface area contributed by atoms with E-state index in [1.54, 1.807) is 13.2 Å². The van der Waals surface area contributed by atoms with Crippen molar-refractivity contribution in [2.75, 3.05) is 45.7 Å². The van der Waals surface area contributed by atoms with Crippen LogP contribution in [-0.4, -0.2) is 66.0 Å². The second kappa shape index (κ2) is 11.6. The molecule has 0 N–H and O–H groups in total. The number of hydrogen-bond acceptors (Lipinski definition) is 3. The van der Waals surface area contributed by atoms with Crippen molar-refractivity contribution in [2.45, 2.75) is 26.3 Å². The smallest absolute Gasteiger partial charge is 0.246 e. The number of halogens is 1. The van der Waals surface area contributed by atoms with Crippen molar-refractivity contribution in [1.29, 1.82) is 0 Å². The van der Waals surface area contributed by atoms with E-state index in [0.717, 1.165) is 80.0 Å². The first-order valence-corrected chi connectivity index (χ1v) is 12.6. The van der Waals surface area contributed by atoms with E-state index in [-0.39, 0.29) is 5.91 Å².